The van der Waals surface area contributed by atoms with Crippen molar-refractivity contribution in [2.45, 2.75) is 45.3 Å². The molecule has 0 aliphatic heterocycles. The summed E-state index contributed by atoms with van der Waals surface area (Å²) in [5.74, 6) is 0. The summed E-state index contributed by atoms with van der Waals surface area (Å²) in [7, 11) is 0. The minimum Gasteiger partial charge on any atom is -0.444 e. The molecule has 0 aliphatic rings. The lowest BCUT2D eigenvalue weighted by atomic mass is 10.1. The number of amides is 1. The highest BCUT2D eigenvalue weighted by atomic mass is 16.6. The third-order valence-corrected chi connectivity index (χ3v) is 2.55. The van der Waals surface area contributed by atoms with Crippen LogP contribution in [0.3, 0.4) is 0 Å². The first-order valence-corrected chi connectivity index (χ1v) is 6.54. The van der Waals surface area contributed by atoms with Crippen molar-refractivity contribution >= 4 is 6.09 Å². The van der Waals surface area contributed by atoms with Crippen LogP contribution in [-0.4, -0.2) is 29.4 Å². The summed E-state index contributed by atoms with van der Waals surface area (Å²) in [4.78, 5) is 11.6. The molecule has 4 heteroatoms. The molecule has 4 nitrogen and oxygen atoms in total. The van der Waals surface area contributed by atoms with Gasteiger partial charge < -0.3 is 15.2 Å². The van der Waals surface area contributed by atoms with Crippen molar-refractivity contribution in [1.29, 1.82) is 0 Å². The van der Waals surface area contributed by atoms with Crippen molar-refractivity contribution in [2.24, 2.45) is 0 Å². The zero-order valence-corrected chi connectivity index (χ0v) is 11.8. The number of hydrogen-bond donors (Lipinski definition) is 2. The molecule has 1 unspecified atom stereocenters. The number of alkyl carbamates (subject to hydrolysis) is 1. The number of carbonyl (C=O) groups excluding carboxylic acids is 1. The number of ether oxygens (including phenoxy) is 1. The average Bonchev–Trinajstić information content (AvgIpc) is 2.33. The Balaban J connectivity index is 2.39. The predicted octanol–water partition coefficient (Wildman–Crippen LogP) is 2.50. The minimum atomic E-state index is -0.486. The fourth-order valence-electron chi connectivity index (χ4n) is 1.65. The summed E-state index contributed by atoms with van der Waals surface area (Å²) in [6.07, 6.45) is 0.426. The quantitative estimate of drug-likeness (QED) is 0.860. The zero-order valence-electron chi connectivity index (χ0n) is 11.8. The Morgan fingerprint density at radius 3 is 2.47 bits per heavy atom. The summed E-state index contributed by atoms with van der Waals surface area (Å²) < 4.78 is 5.20. The maximum Gasteiger partial charge on any atom is 0.407 e. The van der Waals surface area contributed by atoms with E-state index in [-0.39, 0.29) is 12.1 Å². The molecular weight excluding hydrogens is 242 g/mol. The minimum absolute atomic E-state index is 0.162. The number of aryl methyl sites for hydroxylation is 1. The normalized spacial score (nSPS) is 12.8. The van der Waals surface area contributed by atoms with Crippen molar-refractivity contribution in [3.63, 3.8) is 0 Å². The van der Waals surface area contributed by atoms with E-state index in [1.807, 2.05) is 51.1 Å². The van der Waals surface area contributed by atoms with Gasteiger partial charge in [-0.3, -0.25) is 0 Å². The van der Waals surface area contributed by atoms with Crippen molar-refractivity contribution in [3.8, 4) is 0 Å². The van der Waals surface area contributed by atoms with Gasteiger partial charge in [-0.15, -0.1) is 0 Å². The Morgan fingerprint density at radius 1 is 1.32 bits per heavy atom. The van der Waals surface area contributed by atoms with Gasteiger partial charge in [0.2, 0.25) is 0 Å². The summed E-state index contributed by atoms with van der Waals surface area (Å²) in [5, 5.41) is 12.0. The SMILES string of the molecule is CC(C)(C)NC(=O)OC(CO)CCc1ccccc1. The average molecular weight is 265 g/mol. The first kappa shape index (κ1) is 15.5. The van der Waals surface area contributed by atoms with Crippen LogP contribution in [0, 0.1) is 0 Å². The third kappa shape index (κ3) is 6.82. The van der Waals surface area contributed by atoms with Gasteiger partial charge in [0, 0.05) is 5.54 Å². The van der Waals surface area contributed by atoms with E-state index < -0.39 is 12.2 Å². The zero-order chi connectivity index (χ0) is 14.3. The molecule has 0 aromatic heterocycles. The van der Waals surface area contributed by atoms with E-state index in [4.69, 9.17) is 4.74 Å². The van der Waals surface area contributed by atoms with Crippen LogP contribution in [0.15, 0.2) is 30.3 Å². The standard InChI is InChI=1S/C15H23NO3/c1-15(2,3)16-14(18)19-13(11-17)10-9-12-7-5-4-6-8-12/h4-8,13,17H,9-11H2,1-3H3,(H,16,18). The van der Waals surface area contributed by atoms with Crippen molar-refractivity contribution in [3.05, 3.63) is 35.9 Å². The Bertz CT molecular complexity index is 384. The van der Waals surface area contributed by atoms with Crippen LogP contribution in [0.2, 0.25) is 0 Å². The molecule has 0 bridgehead atoms. The van der Waals surface area contributed by atoms with Crippen LogP contribution >= 0.6 is 0 Å². The summed E-state index contributed by atoms with van der Waals surface area (Å²) in [6, 6.07) is 9.93. The van der Waals surface area contributed by atoms with Crippen LogP contribution in [0.1, 0.15) is 32.8 Å². The van der Waals surface area contributed by atoms with Crippen molar-refractivity contribution < 1.29 is 14.6 Å². The molecule has 0 radical (unpaired) electrons. The van der Waals surface area contributed by atoms with Crippen LogP contribution < -0.4 is 5.32 Å². The number of nitrogens with one attached hydrogen (secondary N) is 1. The van der Waals surface area contributed by atoms with E-state index in [1.54, 1.807) is 0 Å². The Labute approximate surface area is 114 Å². The van der Waals surface area contributed by atoms with Gasteiger partial charge in [-0.25, -0.2) is 4.79 Å². The van der Waals surface area contributed by atoms with Gasteiger partial charge in [-0.05, 0) is 39.2 Å². The number of benzene rings is 1. The van der Waals surface area contributed by atoms with Gasteiger partial charge in [0.05, 0.1) is 6.61 Å². The lowest BCUT2D eigenvalue weighted by Crippen LogP contribution is -2.42. The molecule has 0 saturated carbocycles. The van der Waals surface area contributed by atoms with Crippen molar-refractivity contribution in [2.75, 3.05) is 6.61 Å². The fraction of sp³-hybridized carbons (Fsp3) is 0.533. The maximum absolute atomic E-state index is 11.6. The van der Waals surface area contributed by atoms with Gasteiger partial charge in [-0.2, -0.15) is 0 Å². The van der Waals surface area contributed by atoms with Crippen LogP contribution in [0.5, 0.6) is 0 Å². The lowest BCUT2D eigenvalue weighted by Gasteiger charge is -2.22. The number of rotatable bonds is 5. The smallest absolute Gasteiger partial charge is 0.407 e. The topological polar surface area (TPSA) is 58.6 Å². The van der Waals surface area contributed by atoms with Crippen molar-refractivity contribution in [1.82, 2.24) is 5.32 Å². The first-order chi connectivity index (χ1) is 8.90. The Kier molecular flexibility index (Phi) is 5.83. The third-order valence-electron chi connectivity index (χ3n) is 2.55. The van der Waals surface area contributed by atoms with E-state index in [0.717, 1.165) is 6.42 Å². The molecule has 0 saturated heterocycles. The first-order valence-electron chi connectivity index (χ1n) is 6.54. The predicted molar refractivity (Wildman–Crippen MR) is 75.0 cm³/mol. The monoisotopic (exact) mass is 265 g/mol. The Hall–Kier alpha value is -1.55. The Morgan fingerprint density at radius 2 is 1.95 bits per heavy atom. The molecular formula is C15H23NO3. The molecule has 0 fully saturated rings. The van der Waals surface area contributed by atoms with Gasteiger partial charge in [0.15, 0.2) is 0 Å². The van der Waals surface area contributed by atoms with Gasteiger partial charge >= 0.3 is 6.09 Å². The second-order valence-electron chi connectivity index (χ2n) is 5.61. The largest absolute Gasteiger partial charge is 0.444 e. The number of carbonyl (C=O) groups is 1. The maximum atomic E-state index is 11.6. The molecule has 0 spiro atoms. The van der Waals surface area contributed by atoms with E-state index in [9.17, 15) is 9.90 Å². The van der Waals surface area contributed by atoms with Gasteiger partial charge in [-0.1, -0.05) is 30.3 Å². The molecule has 19 heavy (non-hydrogen) atoms. The summed E-state index contributed by atoms with van der Waals surface area (Å²) in [5.41, 5.74) is 0.831. The highest BCUT2D eigenvalue weighted by Gasteiger charge is 2.18. The van der Waals surface area contributed by atoms with E-state index in [2.05, 4.69) is 5.32 Å². The highest BCUT2D eigenvalue weighted by Crippen LogP contribution is 2.08. The van der Waals surface area contributed by atoms with E-state index in [1.165, 1.54) is 5.56 Å². The fourth-order valence-corrected chi connectivity index (χ4v) is 1.65. The number of hydrogen-bond acceptors (Lipinski definition) is 3. The van der Waals surface area contributed by atoms with Crippen LogP contribution in [-0.2, 0) is 11.2 Å². The molecule has 1 amide bonds. The second-order valence-corrected chi connectivity index (χ2v) is 5.61. The molecule has 1 aromatic rings. The van der Waals surface area contributed by atoms with E-state index >= 15 is 0 Å². The molecule has 1 atom stereocenters. The second kappa shape index (κ2) is 7.14. The molecule has 106 valence electrons. The molecule has 0 aliphatic carbocycles. The van der Waals surface area contributed by atoms with Crippen LogP contribution in [0.25, 0.3) is 0 Å². The van der Waals surface area contributed by atoms with Gasteiger partial charge in [0.1, 0.15) is 6.10 Å². The highest BCUT2D eigenvalue weighted by molar-refractivity contribution is 5.68. The summed E-state index contributed by atoms with van der Waals surface area (Å²) in [6.45, 7) is 5.48. The summed E-state index contributed by atoms with van der Waals surface area (Å²) >= 11 is 0. The number of aliphatic hydroxyl groups is 1. The lowest BCUT2D eigenvalue weighted by molar-refractivity contribution is 0.0491. The molecule has 2 N–H and O–H groups in total. The molecule has 1 aromatic carbocycles. The van der Waals surface area contributed by atoms with Crippen LogP contribution in [0.4, 0.5) is 4.79 Å². The number of aliphatic hydroxyl groups excluding tert-OH is 1. The van der Waals surface area contributed by atoms with E-state index in [0.29, 0.717) is 6.42 Å². The molecule has 0 heterocycles. The molecule has 1 rings (SSSR count). The van der Waals surface area contributed by atoms with Gasteiger partial charge in [0.25, 0.3) is 0 Å².